The van der Waals surface area contributed by atoms with Crippen LogP contribution < -0.4 is 10.1 Å². The van der Waals surface area contributed by atoms with Crippen LogP contribution in [0.3, 0.4) is 0 Å². The number of methoxy groups -OCH3 is 1. The summed E-state index contributed by atoms with van der Waals surface area (Å²) in [5, 5.41) is 3.41. The first kappa shape index (κ1) is 14.4. The van der Waals surface area contributed by atoms with Gasteiger partial charge in [-0.1, -0.05) is 60.7 Å². The zero-order valence-electron chi connectivity index (χ0n) is 11.9. The van der Waals surface area contributed by atoms with Crippen molar-refractivity contribution in [1.82, 2.24) is 5.32 Å². The number of para-hydroxylation sites is 1. The number of benzene rings is 2. The van der Waals surface area contributed by atoms with Crippen LogP contribution in [0.25, 0.3) is 6.08 Å². The minimum Gasteiger partial charge on any atom is -0.496 e. The number of rotatable bonds is 7. The Hall–Kier alpha value is -2.06. The normalized spacial score (nSPS) is 10.8. The van der Waals surface area contributed by atoms with E-state index in [0.29, 0.717) is 0 Å². The Morgan fingerprint density at radius 2 is 1.75 bits per heavy atom. The highest BCUT2D eigenvalue weighted by atomic mass is 16.5. The summed E-state index contributed by atoms with van der Waals surface area (Å²) < 4.78 is 5.34. The summed E-state index contributed by atoms with van der Waals surface area (Å²) >= 11 is 0. The minimum absolute atomic E-state index is 0.879. The van der Waals surface area contributed by atoms with Crippen LogP contribution in [0.15, 0.2) is 60.7 Å². The Labute approximate surface area is 121 Å². The summed E-state index contributed by atoms with van der Waals surface area (Å²) in [6, 6.07) is 18.5. The molecule has 0 atom stereocenters. The molecule has 2 nitrogen and oxygen atoms in total. The summed E-state index contributed by atoms with van der Waals surface area (Å²) in [6.45, 7) is 1.82. The highest BCUT2D eigenvalue weighted by Gasteiger charge is 1.99. The molecule has 0 fully saturated rings. The molecule has 0 aliphatic carbocycles. The molecular weight excluding hydrogens is 246 g/mol. The van der Waals surface area contributed by atoms with E-state index in [1.165, 1.54) is 11.1 Å². The van der Waals surface area contributed by atoms with E-state index in [9.17, 15) is 0 Å². The molecule has 2 rings (SSSR count). The zero-order chi connectivity index (χ0) is 14.0. The molecule has 0 saturated heterocycles. The maximum atomic E-state index is 5.34. The molecule has 0 unspecified atom stereocenters. The van der Waals surface area contributed by atoms with Crippen LogP contribution in [0.2, 0.25) is 0 Å². The Bertz CT molecular complexity index is 534. The van der Waals surface area contributed by atoms with E-state index < -0.39 is 0 Å². The smallest absolute Gasteiger partial charge is 0.122 e. The van der Waals surface area contributed by atoms with E-state index in [2.05, 4.69) is 47.8 Å². The van der Waals surface area contributed by atoms with Gasteiger partial charge in [-0.3, -0.25) is 0 Å². The first-order chi connectivity index (χ1) is 9.90. The Balaban J connectivity index is 1.70. The first-order valence-electron chi connectivity index (χ1n) is 6.94. The fourth-order valence-electron chi connectivity index (χ4n) is 2.08. The quantitative estimate of drug-likeness (QED) is 0.775. The van der Waals surface area contributed by atoms with Crippen molar-refractivity contribution in [3.63, 3.8) is 0 Å². The molecule has 0 radical (unpaired) electrons. The minimum atomic E-state index is 0.879. The van der Waals surface area contributed by atoms with Crippen LogP contribution in [-0.4, -0.2) is 20.2 Å². The third-order valence-electron chi connectivity index (χ3n) is 3.14. The average molecular weight is 267 g/mol. The van der Waals surface area contributed by atoms with E-state index in [1.54, 1.807) is 7.11 Å². The van der Waals surface area contributed by atoms with Gasteiger partial charge in [0.15, 0.2) is 0 Å². The number of hydrogen-bond donors (Lipinski definition) is 1. The van der Waals surface area contributed by atoms with Gasteiger partial charge in [-0.25, -0.2) is 0 Å². The van der Waals surface area contributed by atoms with E-state index in [4.69, 9.17) is 4.74 Å². The van der Waals surface area contributed by atoms with Gasteiger partial charge in [0.05, 0.1) is 7.11 Å². The largest absolute Gasteiger partial charge is 0.496 e. The molecule has 20 heavy (non-hydrogen) atoms. The molecule has 0 aliphatic heterocycles. The van der Waals surface area contributed by atoms with E-state index in [-0.39, 0.29) is 0 Å². The predicted octanol–water partition coefficient (Wildman–Crippen LogP) is 3.54. The standard InChI is InChI=1S/C18H21NO/c1-20-18-12-6-5-11-17(18)13-15-19-14-7-10-16-8-3-2-4-9-16/h2-12,19H,13-15H2,1H3/b10-7+. The summed E-state index contributed by atoms with van der Waals surface area (Å²) in [7, 11) is 1.72. The molecule has 0 spiro atoms. The van der Waals surface area contributed by atoms with Crippen LogP contribution >= 0.6 is 0 Å². The molecule has 0 amide bonds. The second kappa shape index (κ2) is 8.18. The van der Waals surface area contributed by atoms with Gasteiger partial charge in [0.25, 0.3) is 0 Å². The molecule has 0 bridgehead atoms. The second-order valence-corrected chi connectivity index (χ2v) is 4.58. The van der Waals surface area contributed by atoms with Crippen molar-refractivity contribution in [2.75, 3.05) is 20.2 Å². The fourth-order valence-corrected chi connectivity index (χ4v) is 2.08. The van der Waals surface area contributed by atoms with Gasteiger partial charge >= 0.3 is 0 Å². The first-order valence-corrected chi connectivity index (χ1v) is 6.94. The van der Waals surface area contributed by atoms with Crippen molar-refractivity contribution < 1.29 is 4.74 Å². The summed E-state index contributed by atoms with van der Waals surface area (Å²) in [4.78, 5) is 0. The molecule has 2 heteroatoms. The number of hydrogen-bond acceptors (Lipinski definition) is 2. The van der Waals surface area contributed by atoms with Crippen molar-refractivity contribution in [2.45, 2.75) is 6.42 Å². The van der Waals surface area contributed by atoms with Gasteiger partial charge in [-0.15, -0.1) is 0 Å². The van der Waals surface area contributed by atoms with Crippen LogP contribution in [0.1, 0.15) is 11.1 Å². The summed E-state index contributed by atoms with van der Waals surface area (Å²) in [6.07, 6.45) is 5.26. The molecule has 2 aromatic rings. The van der Waals surface area contributed by atoms with Crippen molar-refractivity contribution in [2.24, 2.45) is 0 Å². The molecule has 2 aromatic carbocycles. The topological polar surface area (TPSA) is 21.3 Å². The van der Waals surface area contributed by atoms with Gasteiger partial charge in [0, 0.05) is 6.54 Å². The third-order valence-corrected chi connectivity index (χ3v) is 3.14. The predicted molar refractivity (Wildman–Crippen MR) is 85.0 cm³/mol. The summed E-state index contributed by atoms with van der Waals surface area (Å²) in [5.74, 6) is 0.967. The number of nitrogens with one attached hydrogen (secondary N) is 1. The molecule has 0 aliphatic rings. The maximum absolute atomic E-state index is 5.34. The molecule has 104 valence electrons. The zero-order valence-corrected chi connectivity index (χ0v) is 11.9. The van der Waals surface area contributed by atoms with Crippen LogP contribution in [0.4, 0.5) is 0 Å². The Morgan fingerprint density at radius 3 is 2.55 bits per heavy atom. The van der Waals surface area contributed by atoms with Crippen LogP contribution in [0, 0.1) is 0 Å². The highest BCUT2D eigenvalue weighted by Crippen LogP contribution is 2.17. The van der Waals surface area contributed by atoms with Crippen molar-refractivity contribution in [3.8, 4) is 5.75 Å². The molecule has 0 heterocycles. The summed E-state index contributed by atoms with van der Waals surface area (Å²) in [5.41, 5.74) is 2.48. The van der Waals surface area contributed by atoms with Crippen molar-refractivity contribution in [3.05, 3.63) is 71.8 Å². The van der Waals surface area contributed by atoms with Crippen molar-refractivity contribution >= 4 is 6.08 Å². The monoisotopic (exact) mass is 267 g/mol. The highest BCUT2D eigenvalue weighted by molar-refractivity contribution is 5.48. The lowest BCUT2D eigenvalue weighted by Gasteiger charge is -2.07. The Morgan fingerprint density at radius 1 is 1.00 bits per heavy atom. The third kappa shape index (κ3) is 4.56. The molecular formula is C18H21NO. The van der Waals surface area contributed by atoms with Crippen LogP contribution in [0.5, 0.6) is 5.75 Å². The van der Waals surface area contributed by atoms with Gasteiger partial charge in [-0.05, 0) is 30.2 Å². The number of ether oxygens (including phenoxy) is 1. The van der Waals surface area contributed by atoms with E-state index in [0.717, 1.165) is 25.3 Å². The van der Waals surface area contributed by atoms with Crippen molar-refractivity contribution in [1.29, 1.82) is 0 Å². The van der Waals surface area contributed by atoms with Gasteiger partial charge in [0.2, 0.25) is 0 Å². The maximum Gasteiger partial charge on any atom is 0.122 e. The van der Waals surface area contributed by atoms with E-state index in [1.807, 2.05) is 24.3 Å². The van der Waals surface area contributed by atoms with Crippen LogP contribution in [-0.2, 0) is 6.42 Å². The average Bonchev–Trinajstić information content (AvgIpc) is 2.52. The van der Waals surface area contributed by atoms with Gasteiger partial charge in [-0.2, -0.15) is 0 Å². The second-order valence-electron chi connectivity index (χ2n) is 4.58. The lowest BCUT2D eigenvalue weighted by molar-refractivity contribution is 0.409. The van der Waals surface area contributed by atoms with Gasteiger partial charge < -0.3 is 10.1 Å². The molecule has 0 aromatic heterocycles. The lowest BCUT2D eigenvalue weighted by Crippen LogP contribution is -2.17. The lowest BCUT2D eigenvalue weighted by atomic mass is 10.1. The van der Waals surface area contributed by atoms with Gasteiger partial charge in [0.1, 0.15) is 5.75 Å². The Kier molecular flexibility index (Phi) is 5.87. The molecule has 0 saturated carbocycles. The fraction of sp³-hybridized carbons (Fsp3) is 0.222. The SMILES string of the molecule is COc1ccccc1CCNC/C=C/c1ccccc1. The molecule has 1 N–H and O–H groups in total. The van der Waals surface area contributed by atoms with E-state index >= 15 is 0 Å².